The number of hydrogen-bond acceptors (Lipinski definition) is 2. The summed E-state index contributed by atoms with van der Waals surface area (Å²) in [6.07, 6.45) is 3.15. The van der Waals surface area contributed by atoms with Crippen LogP contribution in [0.1, 0.15) is 28.7 Å². The van der Waals surface area contributed by atoms with E-state index in [1.807, 2.05) is 18.2 Å². The number of hydrogen-bond donors (Lipinski definition) is 0. The molecule has 0 unspecified atom stereocenters. The number of rotatable bonds is 6. The highest BCUT2D eigenvalue weighted by molar-refractivity contribution is 7.12. The molecule has 0 aliphatic carbocycles. The average Bonchev–Trinajstić information content (AvgIpc) is 2.85. The number of Topliss-reactive ketones (excluding diaryl/α,β-unsaturated/α-hetero) is 1. The van der Waals surface area contributed by atoms with Gasteiger partial charge in [0.05, 0.1) is 0 Å². The van der Waals surface area contributed by atoms with E-state index in [0.717, 1.165) is 12.8 Å². The van der Waals surface area contributed by atoms with Crippen LogP contribution in [0.3, 0.4) is 0 Å². The molecule has 1 nitrogen and oxygen atoms in total. The molecule has 0 saturated heterocycles. The Labute approximate surface area is 112 Å². The number of carbonyl (C=O) groups excluding carboxylic acids is 1. The lowest BCUT2D eigenvalue weighted by Gasteiger charge is -2.00. The summed E-state index contributed by atoms with van der Waals surface area (Å²) in [4.78, 5) is 14.5. The van der Waals surface area contributed by atoms with E-state index in [1.165, 1.54) is 15.3 Å². The number of benzene rings is 1. The summed E-state index contributed by atoms with van der Waals surface area (Å²) in [6.45, 7) is 2.15. The van der Waals surface area contributed by atoms with Gasteiger partial charge in [-0.2, -0.15) is 0 Å². The summed E-state index contributed by atoms with van der Waals surface area (Å²) >= 11 is 1.76. The first-order chi connectivity index (χ1) is 8.78. The summed E-state index contributed by atoms with van der Waals surface area (Å²) in [5.74, 6) is 0.336. The SMILES string of the molecule is CCc1ccc(CC(=O)CCc2ccccc2)s1. The minimum atomic E-state index is 0.336. The maximum atomic E-state index is 11.9. The molecule has 0 N–H and O–H groups in total. The molecule has 0 fully saturated rings. The predicted octanol–water partition coefficient (Wildman–Crippen LogP) is 4.05. The fraction of sp³-hybridized carbons (Fsp3) is 0.312. The van der Waals surface area contributed by atoms with Gasteiger partial charge < -0.3 is 0 Å². The third-order valence-electron chi connectivity index (χ3n) is 2.97. The standard InChI is InChI=1S/C16H18OS/c1-2-15-10-11-16(18-15)12-14(17)9-8-13-6-4-3-5-7-13/h3-7,10-11H,2,8-9,12H2,1H3. The second kappa shape index (κ2) is 6.50. The Hall–Kier alpha value is -1.41. The molecule has 0 aliphatic heterocycles. The van der Waals surface area contributed by atoms with E-state index in [-0.39, 0.29) is 0 Å². The van der Waals surface area contributed by atoms with Gasteiger partial charge in [-0.3, -0.25) is 4.79 Å². The molecule has 0 spiro atoms. The first kappa shape index (κ1) is 13.0. The van der Waals surface area contributed by atoms with Crippen molar-refractivity contribution in [3.63, 3.8) is 0 Å². The van der Waals surface area contributed by atoms with Gasteiger partial charge in [-0.25, -0.2) is 0 Å². The Morgan fingerprint density at radius 2 is 1.78 bits per heavy atom. The van der Waals surface area contributed by atoms with Crippen LogP contribution in [0.5, 0.6) is 0 Å². The normalized spacial score (nSPS) is 10.5. The van der Waals surface area contributed by atoms with Crippen LogP contribution in [0.25, 0.3) is 0 Å². The van der Waals surface area contributed by atoms with Crippen LogP contribution in [0.2, 0.25) is 0 Å². The van der Waals surface area contributed by atoms with Crippen molar-refractivity contribution in [1.29, 1.82) is 0 Å². The van der Waals surface area contributed by atoms with E-state index in [2.05, 4.69) is 31.2 Å². The van der Waals surface area contributed by atoms with Crippen molar-refractivity contribution in [1.82, 2.24) is 0 Å². The molecule has 0 bridgehead atoms. The number of thiophene rings is 1. The maximum absolute atomic E-state index is 11.9. The quantitative estimate of drug-likeness (QED) is 0.764. The van der Waals surface area contributed by atoms with Crippen LogP contribution < -0.4 is 0 Å². The highest BCUT2D eigenvalue weighted by Gasteiger charge is 2.06. The van der Waals surface area contributed by atoms with E-state index < -0.39 is 0 Å². The van der Waals surface area contributed by atoms with Crippen LogP contribution in [-0.4, -0.2) is 5.78 Å². The fourth-order valence-electron chi connectivity index (χ4n) is 1.92. The Kier molecular flexibility index (Phi) is 4.71. The van der Waals surface area contributed by atoms with Gasteiger partial charge in [0, 0.05) is 22.6 Å². The maximum Gasteiger partial charge on any atom is 0.138 e. The third kappa shape index (κ3) is 3.81. The highest BCUT2D eigenvalue weighted by atomic mass is 32.1. The first-order valence-electron chi connectivity index (χ1n) is 6.41. The van der Waals surface area contributed by atoms with Crippen LogP contribution in [0.15, 0.2) is 42.5 Å². The molecule has 2 rings (SSSR count). The second-order valence-electron chi connectivity index (χ2n) is 4.42. The van der Waals surface area contributed by atoms with E-state index in [1.54, 1.807) is 11.3 Å². The van der Waals surface area contributed by atoms with Crippen LogP contribution in [-0.2, 0) is 24.1 Å². The molecule has 2 aromatic rings. The van der Waals surface area contributed by atoms with Crippen molar-refractivity contribution in [2.75, 3.05) is 0 Å². The second-order valence-corrected chi connectivity index (χ2v) is 5.68. The zero-order valence-corrected chi connectivity index (χ0v) is 11.5. The Bertz CT molecular complexity index is 499. The molecule has 0 aliphatic rings. The van der Waals surface area contributed by atoms with Gasteiger partial charge in [0.15, 0.2) is 0 Å². The largest absolute Gasteiger partial charge is 0.299 e. The lowest BCUT2D eigenvalue weighted by molar-refractivity contribution is -0.118. The monoisotopic (exact) mass is 258 g/mol. The topological polar surface area (TPSA) is 17.1 Å². The lowest BCUT2D eigenvalue weighted by Crippen LogP contribution is -2.02. The van der Waals surface area contributed by atoms with Gasteiger partial charge in [0.25, 0.3) is 0 Å². The smallest absolute Gasteiger partial charge is 0.138 e. The Morgan fingerprint density at radius 3 is 2.44 bits per heavy atom. The fourth-order valence-corrected chi connectivity index (χ4v) is 2.90. The average molecular weight is 258 g/mol. The molecule has 94 valence electrons. The van der Waals surface area contributed by atoms with Gasteiger partial charge >= 0.3 is 0 Å². The van der Waals surface area contributed by atoms with Gasteiger partial charge in [0.1, 0.15) is 5.78 Å². The molecule has 0 saturated carbocycles. The summed E-state index contributed by atoms with van der Waals surface area (Å²) < 4.78 is 0. The predicted molar refractivity (Wildman–Crippen MR) is 77.2 cm³/mol. The van der Waals surface area contributed by atoms with Crippen molar-refractivity contribution in [2.24, 2.45) is 0 Å². The summed E-state index contributed by atoms with van der Waals surface area (Å²) in [7, 11) is 0. The summed E-state index contributed by atoms with van der Waals surface area (Å²) in [5, 5.41) is 0. The summed E-state index contributed by atoms with van der Waals surface area (Å²) in [6, 6.07) is 14.4. The lowest BCUT2D eigenvalue weighted by atomic mass is 10.1. The first-order valence-corrected chi connectivity index (χ1v) is 7.23. The molecular formula is C16H18OS. The Morgan fingerprint density at radius 1 is 1.06 bits per heavy atom. The van der Waals surface area contributed by atoms with Gasteiger partial charge in [-0.05, 0) is 30.5 Å². The molecule has 1 aromatic heterocycles. The van der Waals surface area contributed by atoms with E-state index in [9.17, 15) is 4.79 Å². The number of ketones is 1. The van der Waals surface area contributed by atoms with Crippen molar-refractivity contribution in [3.05, 3.63) is 57.8 Å². The highest BCUT2D eigenvalue weighted by Crippen LogP contribution is 2.18. The molecule has 0 atom stereocenters. The molecule has 0 radical (unpaired) electrons. The molecule has 0 amide bonds. The summed E-state index contributed by atoms with van der Waals surface area (Å²) in [5.41, 5.74) is 1.24. The van der Waals surface area contributed by atoms with E-state index in [0.29, 0.717) is 18.6 Å². The molecule has 1 heterocycles. The Balaban J connectivity index is 1.82. The molecule has 18 heavy (non-hydrogen) atoms. The van der Waals surface area contributed by atoms with E-state index >= 15 is 0 Å². The van der Waals surface area contributed by atoms with E-state index in [4.69, 9.17) is 0 Å². The van der Waals surface area contributed by atoms with Crippen molar-refractivity contribution in [2.45, 2.75) is 32.6 Å². The third-order valence-corrected chi connectivity index (χ3v) is 4.20. The van der Waals surface area contributed by atoms with Crippen LogP contribution in [0.4, 0.5) is 0 Å². The number of carbonyl (C=O) groups is 1. The minimum absolute atomic E-state index is 0.336. The zero-order valence-electron chi connectivity index (χ0n) is 10.7. The van der Waals surface area contributed by atoms with Crippen molar-refractivity contribution in [3.8, 4) is 0 Å². The molecule has 2 heteroatoms. The minimum Gasteiger partial charge on any atom is -0.299 e. The zero-order chi connectivity index (χ0) is 12.8. The van der Waals surface area contributed by atoms with Gasteiger partial charge in [-0.15, -0.1) is 11.3 Å². The van der Waals surface area contributed by atoms with Gasteiger partial charge in [-0.1, -0.05) is 37.3 Å². The number of aryl methyl sites for hydroxylation is 2. The molecule has 1 aromatic carbocycles. The van der Waals surface area contributed by atoms with Crippen LogP contribution in [0, 0.1) is 0 Å². The molecular weight excluding hydrogens is 240 g/mol. The van der Waals surface area contributed by atoms with Crippen LogP contribution >= 0.6 is 11.3 Å². The van der Waals surface area contributed by atoms with Gasteiger partial charge in [0.2, 0.25) is 0 Å². The van der Waals surface area contributed by atoms with Crippen molar-refractivity contribution >= 4 is 17.1 Å². The van der Waals surface area contributed by atoms with Crippen molar-refractivity contribution < 1.29 is 4.79 Å².